The fourth-order valence-electron chi connectivity index (χ4n) is 1.16. The first-order chi connectivity index (χ1) is 7.50. The van der Waals surface area contributed by atoms with Gasteiger partial charge in [0.25, 0.3) is 5.91 Å². The summed E-state index contributed by atoms with van der Waals surface area (Å²) < 4.78 is 25.9. The van der Waals surface area contributed by atoms with Crippen molar-refractivity contribution in [2.45, 2.75) is 19.4 Å². The first kappa shape index (κ1) is 12.6. The van der Waals surface area contributed by atoms with Gasteiger partial charge in [0.1, 0.15) is 11.6 Å². The quantitative estimate of drug-likeness (QED) is 0.821. The zero-order chi connectivity index (χ0) is 12.1. The van der Waals surface area contributed by atoms with Crippen molar-refractivity contribution in [2.75, 3.05) is 6.54 Å². The Morgan fingerprint density at radius 2 is 2.19 bits per heavy atom. The zero-order valence-electron chi connectivity index (χ0n) is 8.84. The van der Waals surface area contributed by atoms with Crippen LogP contribution in [0.5, 0.6) is 0 Å². The lowest BCUT2D eigenvalue weighted by molar-refractivity contribution is 0.0941. The van der Waals surface area contributed by atoms with Gasteiger partial charge in [-0.3, -0.25) is 4.79 Å². The van der Waals surface area contributed by atoms with Gasteiger partial charge in [-0.05, 0) is 31.5 Å². The summed E-state index contributed by atoms with van der Waals surface area (Å²) in [7, 11) is 0. The molecule has 1 unspecified atom stereocenters. The number of aliphatic hydroxyl groups excluding tert-OH is 1. The van der Waals surface area contributed by atoms with Crippen LogP contribution in [0.25, 0.3) is 0 Å². The molecule has 0 spiro atoms. The lowest BCUT2D eigenvalue weighted by Crippen LogP contribution is -2.27. The third-order valence-corrected chi connectivity index (χ3v) is 2.02. The van der Waals surface area contributed by atoms with Gasteiger partial charge in [0.05, 0.1) is 11.7 Å². The Hall–Kier alpha value is -1.49. The van der Waals surface area contributed by atoms with E-state index >= 15 is 0 Å². The van der Waals surface area contributed by atoms with E-state index < -0.39 is 23.6 Å². The Bertz CT molecular complexity index is 380. The first-order valence-electron chi connectivity index (χ1n) is 4.92. The zero-order valence-corrected chi connectivity index (χ0v) is 8.84. The van der Waals surface area contributed by atoms with Crippen molar-refractivity contribution in [3.63, 3.8) is 0 Å². The summed E-state index contributed by atoms with van der Waals surface area (Å²) >= 11 is 0. The highest BCUT2D eigenvalue weighted by atomic mass is 19.1. The first-order valence-corrected chi connectivity index (χ1v) is 4.92. The number of aliphatic hydroxyl groups is 1. The lowest BCUT2D eigenvalue weighted by atomic mass is 10.2. The molecule has 0 aliphatic carbocycles. The average molecular weight is 229 g/mol. The highest BCUT2D eigenvalue weighted by molar-refractivity contribution is 5.94. The normalized spacial score (nSPS) is 12.2. The van der Waals surface area contributed by atoms with Crippen molar-refractivity contribution in [2.24, 2.45) is 0 Å². The third-order valence-electron chi connectivity index (χ3n) is 2.02. The van der Waals surface area contributed by atoms with Gasteiger partial charge < -0.3 is 10.4 Å². The van der Waals surface area contributed by atoms with E-state index in [0.29, 0.717) is 6.42 Å². The van der Waals surface area contributed by atoms with Gasteiger partial charge in [0, 0.05) is 6.54 Å². The van der Waals surface area contributed by atoms with Crippen molar-refractivity contribution in [3.05, 3.63) is 35.4 Å². The minimum Gasteiger partial charge on any atom is -0.393 e. The van der Waals surface area contributed by atoms with Gasteiger partial charge >= 0.3 is 0 Å². The Morgan fingerprint density at radius 1 is 1.50 bits per heavy atom. The van der Waals surface area contributed by atoms with Crippen LogP contribution in [0.3, 0.4) is 0 Å². The molecule has 16 heavy (non-hydrogen) atoms. The molecule has 1 aromatic rings. The smallest absolute Gasteiger partial charge is 0.254 e. The molecule has 0 fully saturated rings. The Morgan fingerprint density at radius 3 is 2.81 bits per heavy atom. The standard InChI is InChI=1S/C11H13F2NO2/c1-7(15)4-5-14-11(16)9-6-8(12)2-3-10(9)13/h2-3,6-7,15H,4-5H2,1H3,(H,14,16). The van der Waals surface area contributed by atoms with E-state index in [1.54, 1.807) is 6.92 Å². The van der Waals surface area contributed by atoms with Crippen molar-refractivity contribution in [3.8, 4) is 0 Å². The lowest BCUT2D eigenvalue weighted by Gasteiger charge is -2.07. The Labute approximate surface area is 92.1 Å². The van der Waals surface area contributed by atoms with Crippen LogP contribution in [0.4, 0.5) is 8.78 Å². The summed E-state index contributed by atoms with van der Waals surface area (Å²) in [5.41, 5.74) is -0.328. The van der Waals surface area contributed by atoms with Gasteiger partial charge in [-0.25, -0.2) is 8.78 Å². The summed E-state index contributed by atoms with van der Waals surface area (Å²) in [5.74, 6) is -2.12. The van der Waals surface area contributed by atoms with Crippen LogP contribution >= 0.6 is 0 Å². The summed E-state index contributed by atoms with van der Waals surface area (Å²) in [5, 5.41) is 11.3. The highest BCUT2D eigenvalue weighted by Gasteiger charge is 2.12. The van der Waals surface area contributed by atoms with E-state index in [1.165, 1.54) is 0 Å². The van der Waals surface area contributed by atoms with E-state index in [0.717, 1.165) is 18.2 Å². The number of halogens is 2. The summed E-state index contributed by atoms with van der Waals surface area (Å²) in [6.45, 7) is 1.79. The fourth-order valence-corrected chi connectivity index (χ4v) is 1.16. The molecular weight excluding hydrogens is 216 g/mol. The van der Waals surface area contributed by atoms with Crippen LogP contribution in [0.1, 0.15) is 23.7 Å². The number of carbonyl (C=O) groups is 1. The SMILES string of the molecule is CC(O)CCNC(=O)c1cc(F)ccc1F. The van der Waals surface area contributed by atoms with Gasteiger partial charge in [-0.1, -0.05) is 0 Å². The van der Waals surface area contributed by atoms with E-state index in [4.69, 9.17) is 5.11 Å². The fraction of sp³-hybridized carbons (Fsp3) is 0.364. The highest BCUT2D eigenvalue weighted by Crippen LogP contribution is 2.09. The molecule has 0 aromatic heterocycles. The van der Waals surface area contributed by atoms with E-state index in [2.05, 4.69) is 5.32 Å². The number of carbonyl (C=O) groups excluding carboxylic acids is 1. The van der Waals surface area contributed by atoms with E-state index in [9.17, 15) is 13.6 Å². The minimum atomic E-state index is -0.768. The van der Waals surface area contributed by atoms with Crippen LogP contribution < -0.4 is 5.32 Å². The summed E-state index contributed by atoms with van der Waals surface area (Å²) in [6.07, 6.45) is -0.180. The molecule has 1 amide bonds. The number of amides is 1. The average Bonchev–Trinajstić information content (AvgIpc) is 2.21. The number of hydrogen-bond donors (Lipinski definition) is 2. The molecule has 0 bridgehead atoms. The Balaban J connectivity index is 2.62. The van der Waals surface area contributed by atoms with Gasteiger partial charge in [-0.2, -0.15) is 0 Å². The molecule has 1 atom stereocenters. The molecule has 0 saturated heterocycles. The van der Waals surface area contributed by atoms with Crippen molar-refractivity contribution in [1.29, 1.82) is 0 Å². The van der Waals surface area contributed by atoms with E-state index in [-0.39, 0.29) is 12.1 Å². The second-order valence-corrected chi connectivity index (χ2v) is 3.52. The maximum atomic E-state index is 13.1. The molecule has 88 valence electrons. The van der Waals surface area contributed by atoms with Crippen LogP contribution in [0.2, 0.25) is 0 Å². The molecule has 1 aromatic carbocycles. The second-order valence-electron chi connectivity index (χ2n) is 3.52. The van der Waals surface area contributed by atoms with Crippen LogP contribution in [0.15, 0.2) is 18.2 Å². The van der Waals surface area contributed by atoms with Crippen LogP contribution in [-0.2, 0) is 0 Å². The molecule has 2 N–H and O–H groups in total. The maximum Gasteiger partial charge on any atom is 0.254 e. The van der Waals surface area contributed by atoms with Crippen molar-refractivity contribution < 1.29 is 18.7 Å². The maximum absolute atomic E-state index is 13.1. The monoisotopic (exact) mass is 229 g/mol. The third kappa shape index (κ3) is 3.58. The second kappa shape index (κ2) is 5.55. The van der Waals surface area contributed by atoms with Crippen LogP contribution in [0, 0.1) is 11.6 Å². The van der Waals surface area contributed by atoms with Crippen molar-refractivity contribution >= 4 is 5.91 Å². The molecule has 0 aliphatic heterocycles. The Kier molecular flexibility index (Phi) is 4.37. The molecule has 3 nitrogen and oxygen atoms in total. The molecular formula is C11H13F2NO2. The van der Waals surface area contributed by atoms with Gasteiger partial charge in [0.2, 0.25) is 0 Å². The molecule has 0 radical (unpaired) electrons. The van der Waals surface area contributed by atoms with E-state index in [1.807, 2.05) is 0 Å². The molecule has 1 rings (SSSR count). The number of benzene rings is 1. The molecule has 0 aliphatic rings. The summed E-state index contributed by atoms with van der Waals surface area (Å²) in [6, 6.07) is 2.69. The van der Waals surface area contributed by atoms with Crippen molar-refractivity contribution in [1.82, 2.24) is 5.32 Å². The topological polar surface area (TPSA) is 49.3 Å². The van der Waals surface area contributed by atoms with Gasteiger partial charge in [-0.15, -0.1) is 0 Å². The van der Waals surface area contributed by atoms with Gasteiger partial charge in [0.15, 0.2) is 0 Å². The van der Waals surface area contributed by atoms with Crippen LogP contribution in [-0.4, -0.2) is 23.7 Å². The molecule has 5 heteroatoms. The minimum absolute atomic E-state index is 0.215. The predicted molar refractivity (Wildman–Crippen MR) is 55.0 cm³/mol. The number of hydrogen-bond acceptors (Lipinski definition) is 2. The molecule has 0 saturated carbocycles. The summed E-state index contributed by atoms with van der Waals surface area (Å²) in [4.78, 5) is 11.4. The number of nitrogens with one attached hydrogen (secondary N) is 1. The molecule has 0 heterocycles. The predicted octanol–water partition coefficient (Wildman–Crippen LogP) is 1.47. The largest absolute Gasteiger partial charge is 0.393 e. The number of rotatable bonds is 4.